The van der Waals surface area contributed by atoms with Gasteiger partial charge in [0.2, 0.25) is 0 Å². The van der Waals surface area contributed by atoms with Crippen molar-refractivity contribution in [2.24, 2.45) is 0 Å². The zero-order valence-corrected chi connectivity index (χ0v) is 10.2. The molecule has 1 heterocycles. The minimum absolute atomic E-state index is 0.556. The first kappa shape index (κ1) is 12.7. The summed E-state index contributed by atoms with van der Waals surface area (Å²) in [5.41, 5.74) is -0.757. The third-order valence-corrected chi connectivity index (χ3v) is 3.79. The van der Waals surface area contributed by atoms with Gasteiger partial charge >= 0.3 is 5.97 Å². The summed E-state index contributed by atoms with van der Waals surface area (Å²) in [5, 5.41) is 18.5. The largest absolute Gasteiger partial charge is 0.467 e. The fourth-order valence-corrected chi connectivity index (χ4v) is 2.21. The van der Waals surface area contributed by atoms with Crippen LogP contribution in [0.5, 0.6) is 0 Å². The second-order valence-electron chi connectivity index (χ2n) is 3.92. The van der Waals surface area contributed by atoms with E-state index in [9.17, 15) is 9.90 Å². The second kappa shape index (κ2) is 4.64. The number of hydrogen-bond donors (Lipinski definition) is 1. The lowest BCUT2D eigenvalue weighted by molar-refractivity contribution is -0.153. The highest BCUT2D eigenvalue weighted by Gasteiger charge is 2.37. The first-order chi connectivity index (χ1) is 7.43. The molecule has 16 heavy (non-hydrogen) atoms. The molecule has 0 radical (unpaired) electrons. The highest BCUT2D eigenvalue weighted by Crippen LogP contribution is 2.33. The Morgan fingerprint density at radius 1 is 1.62 bits per heavy atom. The van der Waals surface area contributed by atoms with E-state index in [1.54, 1.807) is 26.0 Å². The van der Waals surface area contributed by atoms with E-state index in [1.807, 2.05) is 6.07 Å². The van der Waals surface area contributed by atoms with E-state index in [4.69, 9.17) is 5.26 Å². The molecule has 1 N–H and O–H groups in total. The Hall–Kier alpha value is -1.38. The van der Waals surface area contributed by atoms with Gasteiger partial charge in [-0.05, 0) is 12.1 Å². The van der Waals surface area contributed by atoms with Crippen molar-refractivity contribution < 1.29 is 14.6 Å². The van der Waals surface area contributed by atoms with Crippen LogP contribution in [-0.2, 0) is 14.9 Å². The van der Waals surface area contributed by atoms with Gasteiger partial charge in [0.05, 0.1) is 7.11 Å². The van der Waals surface area contributed by atoms with E-state index < -0.39 is 17.5 Å². The number of aliphatic hydroxyl groups is 1. The van der Waals surface area contributed by atoms with Crippen molar-refractivity contribution >= 4 is 17.3 Å². The Bertz CT molecular complexity index is 431. The molecule has 0 aliphatic rings. The van der Waals surface area contributed by atoms with Gasteiger partial charge in [0.15, 0.2) is 6.10 Å². The summed E-state index contributed by atoms with van der Waals surface area (Å²) in [7, 11) is 1.23. The third-order valence-electron chi connectivity index (χ3n) is 2.46. The number of ether oxygens (including phenoxy) is 1. The van der Waals surface area contributed by atoms with Gasteiger partial charge in [-0.1, -0.05) is 13.8 Å². The number of aliphatic hydroxyl groups excluding tert-OH is 1. The van der Waals surface area contributed by atoms with Crippen LogP contribution in [0, 0.1) is 11.3 Å². The van der Waals surface area contributed by atoms with Gasteiger partial charge in [-0.3, -0.25) is 0 Å². The summed E-state index contributed by atoms with van der Waals surface area (Å²) in [5.74, 6) is -0.670. The zero-order valence-electron chi connectivity index (χ0n) is 9.35. The van der Waals surface area contributed by atoms with Gasteiger partial charge < -0.3 is 9.84 Å². The summed E-state index contributed by atoms with van der Waals surface area (Å²) in [6.07, 6.45) is -1.23. The average Bonchev–Trinajstić information content (AvgIpc) is 2.75. The molecule has 0 saturated heterocycles. The lowest BCUT2D eigenvalue weighted by Gasteiger charge is -2.27. The highest BCUT2D eigenvalue weighted by atomic mass is 32.1. The van der Waals surface area contributed by atoms with Gasteiger partial charge in [-0.15, -0.1) is 11.3 Å². The maximum atomic E-state index is 11.3. The summed E-state index contributed by atoms with van der Waals surface area (Å²) in [6, 6.07) is 5.44. The first-order valence-corrected chi connectivity index (χ1v) is 5.51. The summed E-state index contributed by atoms with van der Waals surface area (Å²) in [6.45, 7) is 3.48. The van der Waals surface area contributed by atoms with Crippen molar-refractivity contribution in [1.29, 1.82) is 5.26 Å². The minimum Gasteiger partial charge on any atom is -0.467 e. The molecule has 4 nitrogen and oxygen atoms in total. The van der Waals surface area contributed by atoms with Crippen molar-refractivity contribution in [2.45, 2.75) is 25.4 Å². The van der Waals surface area contributed by atoms with Gasteiger partial charge in [0, 0.05) is 10.3 Å². The van der Waals surface area contributed by atoms with Gasteiger partial charge in [-0.2, -0.15) is 5.26 Å². The number of thiophene rings is 1. The van der Waals surface area contributed by atoms with E-state index in [1.165, 1.54) is 18.4 Å². The summed E-state index contributed by atoms with van der Waals surface area (Å²) in [4.78, 5) is 12.6. The molecule has 0 fully saturated rings. The SMILES string of the molecule is COC(=O)C(O)C(C)(C)c1ccc(C#N)s1. The van der Waals surface area contributed by atoms with E-state index in [0.717, 1.165) is 4.88 Å². The molecular formula is C11H13NO3S. The summed E-state index contributed by atoms with van der Waals surface area (Å²) >= 11 is 1.27. The van der Waals surface area contributed by atoms with Crippen molar-refractivity contribution in [3.63, 3.8) is 0 Å². The molecule has 0 aliphatic carbocycles. The Labute approximate surface area is 98.1 Å². The maximum absolute atomic E-state index is 11.3. The lowest BCUT2D eigenvalue weighted by atomic mass is 9.85. The number of carbonyl (C=O) groups is 1. The molecule has 1 unspecified atom stereocenters. The maximum Gasteiger partial charge on any atom is 0.335 e. The molecule has 0 aromatic carbocycles. The van der Waals surface area contributed by atoms with E-state index >= 15 is 0 Å². The van der Waals surface area contributed by atoms with Gasteiger partial charge in [-0.25, -0.2) is 4.79 Å². The normalized spacial score (nSPS) is 12.9. The molecule has 1 rings (SSSR count). The molecular weight excluding hydrogens is 226 g/mol. The Morgan fingerprint density at radius 2 is 2.25 bits per heavy atom. The van der Waals surface area contributed by atoms with Crippen LogP contribution in [0.1, 0.15) is 23.6 Å². The molecule has 0 saturated carbocycles. The van der Waals surface area contributed by atoms with Crippen LogP contribution in [-0.4, -0.2) is 24.3 Å². The number of nitrogens with zero attached hydrogens (tertiary/aromatic N) is 1. The van der Waals surface area contributed by atoms with Crippen molar-refractivity contribution in [2.75, 3.05) is 7.11 Å². The fraction of sp³-hybridized carbons (Fsp3) is 0.455. The van der Waals surface area contributed by atoms with E-state index in [-0.39, 0.29) is 0 Å². The number of methoxy groups -OCH3 is 1. The van der Waals surface area contributed by atoms with Crippen LogP contribution in [0.2, 0.25) is 0 Å². The van der Waals surface area contributed by atoms with Crippen LogP contribution in [0.25, 0.3) is 0 Å². The van der Waals surface area contributed by atoms with Crippen LogP contribution >= 0.6 is 11.3 Å². The van der Waals surface area contributed by atoms with Gasteiger partial charge in [0.1, 0.15) is 10.9 Å². The number of nitriles is 1. The highest BCUT2D eigenvalue weighted by molar-refractivity contribution is 7.12. The number of rotatable bonds is 3. The molecule has 0 spiro atoms. The predicted molar refractivity (Wildman–Crippen MR) is 60.1 cm³/mol. The molecule has 0 amide bonds. The van der Waals surface area contributed by atoms with Crippen LogP contribution < -0.4 is 0 Å². The Morgan fingerprint density at radius 3 is 2.69 bits per heavy atom. The smallest absolute Gasteiger partial charge is 0.335 e. The predicted octanol–water partition coefficient (Wildman–Crippen LogP) is 1.43. The third kappa shape index (κ3) is 2.23. The van der Waals surface area contributed by atoms with Crippen molar-refractivity contribution in [3.05, 3.63) is 21.9 Å². The molecule has 1 aromatic rings. The molecule has 0 bridgehead atoms. The Balaban J connectivity index is 3.01. The van der Waals surface area contributed by atoms with Crippen molar-refractivity contribution in [3.8, 4) is 6.07 Å². The standard InChI is InChI=1S/C11H13NO3S/c1-11(2,9(13)10(14)15-3)8-5-4-7(6-12)16-8/h4-5,9,13H,1-3H3. The van der Waals surface area contributed by atoms with Crippen molar-refractivity contribution in [1.82, 2.24) is 0 Å². The quantitative estimate of drug-likeness (QED) is 0.810. The Kier molecular flexibility index (Phi) is 3.68. The van der Waals surface area contributed by atoms with Crippen LogP contribution in [0.4, 0.5) is 0 Å². The lowest BCUT2D eigenvalue weighted by Crippen LogP contribution is -2.40. The zero-order chi connectivity index (χ0) is 12.3. The molecule has 86 valence electrons. The first-order valence-electron chi connectivity index (χ1n) is 4.69. The minimum atomic E-state index is -1.23. The summed E-state index contributed by atoms with van der Waals surface area (Å²) < 4.78 is 4.50. The monoisotopic (exact) mass is 239 g/mol. The van der Waals surface area contributed by atoms with Crippen LogP contribution in [0.15, 0.2) is 12.1 Å². The average molecular weight is 239 g/mol. The number of carbonyl (C=O) groups excluding carboxylic acids is 1. The molecule has 1 aromatic heterocycles. The molecule has 1 atom stereocenters. The number of hydrogen-bond acceptors (Lipinski definition) is 5. The van der Waals surface area contributed by atoms with Crippen LogP contribution in [0.3, 0.4) is 0 Å². The fourth-order valence-electron chi connectivity index (χ4n) is 1.29. The molecule has 5 heteroatoms. The number of esters is 1. The van der Waals surface area contributed by atoms with E-state index in [0.29, 0.717) is 4.88 Å². The topological polar surface area (TPSA) is 70.3 Å². The van der Waals surface area contributed by atoms with E-state index in [2.05, 4.69) is 4.74 Å². The van der Waals surface area contributed by atoms with Gasteiger partial charge in [0.25, 0.3) is 0 Å². The molecule has 0 aliphatic heterocycles. The second-order valence-corrected chi connectivity index (χ2v) is 5.01.